The number of benzene rings is 2. The molecule has 2 rings (SSSR count). The van der Waals surface area contributed by atoms with Crippen LogP contribution in [0.4, 0.5) is 0 Å². The molecular weight excluding hydrogens is 456 g/mol. The third kappa shape index (κ3) is 9.58. The normalized spacial score (nSPS) is 14.1. The summed E-state index contributed by atoms with van der Waals surface area (Å²) in [6, 6.07) is 18.1. The van der Waals surface area contributed by atoms with Crippen molar-refractivity contribution in [2.75, 3.05) is 0 Å². The summed E-state index contributed by atoms with van der Waals surface area (Å²) in [5, 5.41) is 0. The zero-order valence-electron chi connectivity index (χ0n) is 20.2. The summed E-state index contributed by atoms with van der Waals surface area (Å²) in [5.41, 5.74) is 1.59. The van der Waals surface area contributed by atoms with Crippen molar-refractivity contribution in [1.82, 2.24) is 0 Å². The Morgan fingerprint density at radius 1 is 0.543 bits per heavy atom. The largest absolute Gasteiger partial charge is 0.458 e. The second kappa shape index (κ2) is 13.9. The maximum absolute atomic E-state index is 12.3. The maximum atomic E-state index is 12.3. The zero-order valence-corrected chi connectivity index (χ0v) is 20.2. The smallest absolute Gasteiger partial charge is 0.347 e. The van der Waals surface area contributed by atoms with Crippen LogP contribution in [0, 0.1) is 0 Å². The summed E-state index contributed by atoms with van der Waals surface area (Å²) in [5.74, 6) is -3.15. The predicted molar refractivity (Wildman–Crippen MR) is 124 cm³/mol. The highest BCUT2D eigenvalue weighted by molar-refractivity contribution is 5.82. The van der Waals surface area contributed by atoms with E-state index in [1.54, 1.807) is 24.3 Å². The molecule has 0 unspecified atom stereocenters. The van der Waals surface area contributed by atoms with Crippen molar-refractivity contribution in [2.45, 2.75) is 65.3 Å². The van der Waals surface area contributed by atoms with Gasteiger partial charge in [0, 0.05) is 0 Å². The lowest BCUT2D eigenvalue weighted by atomic mass is 10.2. The van der Waals surface area contributed by atoms with Crippen molar-refractivity contribution in [2.24, 2.45) is 0 Å². The Balaban J connectivity index is 1.72. The van der Waals surface area contributed by atoms with Crippen molar-refractivity contribution in [3.63, 3.8) is 0 Å². The molecule has 0 saturated carbocycles. The molecule has 2 aromatic carbocycles. The van der Waals surface area contributed by atoms with Crippen LogP contribution >= 0.6 is 0 Å². The third-order valence-electron chi connectivity index (χ3n) is 4.77. The van der Waals surface area contributed by atoms with E-state index in [-0.39, 0.29) is 13.2 Å². The Kier molecular flexibility index (Phi) is 10.9. The minimum Gasteiger partial charge on any atom is -0.458 e. The Labute approximate surface area is 204 Å². The van der Waals surface area contributed by atoms with Crippen LogP contribution in [0.5, 0.6) is 0 Å². The molecular formula is C26H30O9. The first-order chi connectivity index (χ1) is 16.7. The number of ether oxygens (including phenoxy) is 5. The van der Waals surface area contributed by atoms with E-state index >= 15 is 0 Å². The summed E-state index contributed by atoms with van der Waals surface area (Å²) in [6.45, 7) is 5.57. The molecule has 0 bridgehead atoms. The molecule has 0 amide bonds. The van der Waals surface area contributed by atoms with Gasteiger partial charge in [0.1, 0.15) is 13.2 Å². The van der Waals surface area contributed by atoms with Crippen LogP contribution in [0.2, 0.25) is 0 Å². The summed E-state index contributed by atoms with van der Waals surface area (Å²) in [4.78, 5) is 48.7. The first-order valence-electron chi connectivity index (χ1n) is 11.1. The van der Waals surface area contributed by atoms with Crippen LogP contribution in [0.3, 0.4) is 0 Å². The molecule has 9 heteroatoms. The maximum Gasteiger partial charge on any atom is 0.347 e. The summed E-state index contributed by atoms with van der Waals surface area (Å²) in [6.07, 6.45) is -4.69. The van der Waals surface area contributed by atoms with Crippen LogP contribution in [-0.2, 0) is 56.1 Å². The number of hydrogen-bond acceptors (Lipinski definition) is 9. The monoisotopic (exact) mass is 486 g/mol. The Bertz CT molecular complexity index is 895. The molecule has 0 heterocycles. The molecule has 2 aromatic rings. The van der Waals surface area contributed by atoms with Crippen LogP contribution < -0.4 is 0 Å². The highest BCUT2D eigenvalue weighted by Gasteiger charge is 2.29. The van der Waals surface area contributed by atoms with Gasteiger partial charge in [-0.3, -0.25) is 0 Å². The number of rotatable bonds is 12. The van der Waals surface area contributed by atoms with E-state index in [0.29, 0.717) is 0 Å². The van der Waals surface area contributed by atoms with E-state index in [0.717, 1.165) is 11.1 Å². The molecule has 0 aliphatic carbocycles. The molecule has 0 fully saturated rings. The van der Waals surface area contributed by atoms with Crippen molar-refractivity contribution >= 4 is 23.9 Å². The predicted octanol–water partition coefficient (Wildman–Crippen LogP) is 3.13. The van der Waals surface area contributed by atoms with Crippen LogP contribution in [0.1, 0.15) is 38.8 Å². The molecule has 0 saturated heterocycles. The van der Waals surface area contributed by atoms with Crippen LogP contribution in [0.15, 0.2) is 60.7 Å². The van der Waals surface area contributed by atoms with Crippen molar-refractivity contribution in [3.8, 4) is 0 Å². The second-order valence-electron chi connectivity index (χ2n) is 7.77. The summed E-state index contributed by atoms with van der Waals surface area (Å²) in [7, 11) is 0. The highest BCUT2D eigenvalue weighted by Crippen LogP contribution is 2.09. The molecule has 0 radical (unpaired) electrons. The quantitative estimate of drug-likeness (QED) is 0.330. The standard InChI is InChI=1S/C26H30O9/c1-17(23(27)31-15-21-11-7-5-8-12-21)34-25(29)19(3)33-20(4)26(30)35-18(2)24(28)32-16-22-13-9-6-10-14-22/h5-14,17-20H,15-16H2,1-4H3/t17-,18-,19-,20-/m0/s1. The average molecular weight is 487 g/mol. The molecule has 0 aliphatic rings. The van der Waals surface area contributed by atoms with Crippen LogP contribution in [-0.4, -0.2) is 48.3 Å². The van der Waals surface area contributed by atoms with Gasteiger partial charge < -0.3 is 23.7 Å². The first kappa shape index (κ1) is 27.5. The lowest BCUT2D eigenvalue weighted by Crippen LogP contribution is -2.37. The van der Waals surface area contributed by atoms with Gasteiger partial charge in [-0.05, 0) is 38.8 Å². The number of carbonyl (C=O) groups is 4. The Morgan fingerprint density at radius 2 is 0.886 bits per heavy atom. The Morgan fingerprint density at radius 3 is 1.23 bits per heavy atom. The lowest BCUT2D eigenvalue weighted by molar-refractivity contribution is -0.183. The number of carbonyl (C=O) groups excluding carboxylic acids is 4. The zero-order chi connectivity index (χ0) is 25.8. The molecule has 9 nitrogen and oxygen atoms in total. The molecule has 35 heavy (non-hydrogen) atoms. The third-order valence-corrected chi connectivity index (χ3v) is 4.77. The topological polar surface area (TPSA) is 114 Å². The Hall–Kier alpha value is -3.72. The molecule has 0 N–H and O–H groups in total. The van der Waals surface area contributed by atoms with Gasteiger partial charge >= 0.3 is 23.9 Å². The van der Waals surface area contributed by atoms with E-state index in [1.807, 2.05) is 36.4 Å². The van der Waals surface area contributed by atoms with Crippen LogP contribution in [0.25, 0.3) is 0 Å². The molecule has 4 atom stereocenters. The summed E-state index contributed by atoms with van der Waals surface area (Å²) >= 11 is 0. The minimum atomic E-state index is -1.18. The van der Waals surface area contributed by atoms with Crippen molar-refractivity contribution in [3.05, 3.63) is 71.8 Å². The molecule has 188 valence electrons. The lowest BCUT2D eigenvalue weighted by Gasteiger charge is -2.20. The molecule has 0 spiro atoms. The first-order valence-corrected chi connectivity index (χ1v) is 11.1. The summed E-state index contributed by atoms with van der Waals surface area (Å²) < 4.78 is 25.7. The molecule has 0 aliphatic heterocycles. The van der Waals surface area contributed by atoms with Gasteiger partial charge in [0.25, 0.3) is 0 Å². The van der Waals surface area contributed by atoms with Gasteiger partial charge in [-0.25, -0.2) is 19.2 Å². The fourth-order valence-electron chi connectivity index (χ4n) is 2.75. The van der Waals surface area contributed by atoms with E-state index in [9.17, 15) is 19.2 Å². The SMILES string of the molecule is C[C@H](OC(=O)[C@H](C)O[C@@H](C)C(=O)O[C@@H](C)C(=O)OCc1ccccc1)C(=O)OCc1ccccc1. The van der Waals surface area contributed by atoms with Gasteiger partial charge in [0.2, 0.25) is 0 Å². The van der Waals surface area contributed by atoms with Gasteiger partial charge in [-0.15, -0.1) is 0 Å². The fraction of sp³-hybridized carbons (Fsp3) is 0.385. The van der Waals surface area contributed by atoms with E-state index < -0.39 is 48.3 Å². The van der Waals surface area contributed by atoms with Crippen molar-refractivity contribution < 1.29 is 42.9 Å². The van der Waals surface area contributed by atoms with Gasteiger partial charge in [-0.1, -0.05) is 60.7 Å². The fourth-order valence-corrected chi connectivity index (χ4v) is 2.75. The minimum absolute atomic E-state index is 0.0441. The van der Waals surface area contributed by atoms with E-state index in [1.165, 1.54) is 27.7 Å². The second-order valence-corrected chi connectivity index (χ2v) is 7.77. The van der Waals surface area contributed by atoms with Crippen molar-refractivity contribution in [1.29, 1.82) is 0 Å². The highest BCUT2D eigenvalue weighted by atomic mass is 16.6. The number of hydrogen-bond donors (Lipinski definition) is 0. The van der Waals surface area contributed by atoms with Gasteiger partial charge in [0.15, 0.2) is 24.4 Å². The average Bonchev–Trinajstić information content (AvgIpc) is 2.86. The van der Waals surface area contributed by atoms with Gasteiger partial charge in [0.05, 0.1) is 0 Å². The van der Waals surface area contributed by atoms with E-state index in [4.69, 9.17) is 23.7 Å². The van der Waals surface area contributed by atoms with E-state index in [2.05, 4.69) is 0 Å². The number of esters is 4. The molecule has 0 aromatic heterocycles. The van der Waals surface area contributed by atoms with Gasteiger partial charge in [-0.2, -0.15) is 0 Å².